The van der Waals surface area contributed by atoms with Crippen molar-refractivity contribution in [1.29, 1.82) is 5.26 Å². The van der Waals surface area contributed by atoms with E-state index in [1.165, 1.54) is 12.1 Å². The van der Waals surface area contributed by atoms with Crippen LogP contribution in [0, 0.1) is 23.2 Å². The number of piperidine rings is 1. The smallest absolute Gasteiger partial charge is 0.240 e. The van der Waals surface area contributed by atoms with Gasteiger partial charge in [-0.05, 0) is 48.9 Å². The summed E-state index contributed by atoms with van der Waals surface area (Å²) in [6.07, 6.45) is 3.70. The molecule has 2 heterocycles. The minimum absolute atomic E-state index is 0.0711. The molecule has 2 fully saturated rings. The van der Waals surface area contributed by atoms with E-state index in [1.807, 2.05) is 18.2 Å². The molecular weight excluding hydrogens is 374 g/mol. The zero-order valence-electron chi connectivity index (χ0n) is 15.5. The summed E-state index contributed by atoms with van der Waals surface area (Å²) in [6.45, 7) is 2.39. The Morgan fingerprint density at radius 3 is 2.64 bits per heavy atom. The number of anilines is 1. The number of pyridine rings is 1. The first kappa shape index (κ1) is 18.9. The fraction of sp³-hybridized carbons (Fsp3) is 0.400. The van der Waals surface area contributed by atoms with Gasteiger partial charge in [0.2, 0.25) is 10.0 Å². The van der Waals surface area contributed by atoms with E-state index in [1.54, 1.807) is 18.3 Å². The molecule has 7 nitrogen and oxygen atoms in total. The maximum absolute atomic E-state index is 12.8. The van der Waals surface area contributed by atoms with Gasteiger partial charge in [-0.2, -0.15) is 5.26 Å². The zero-order valence-corrected chi connectivity index (χ0v) is 16.3. The van der Waals surface area contributed by atoms with Crippen LogP contribution in [0.3, 0.4) is 0 Å². The number of benzene rings is 1. The average Bonchev–Trinajstić information content (AvgIpc) is 2.91. The molecule has 1 aliphatic heterocycles. The third kappa shape index (κ3) is 3.74. The van der Waals surface area contributed by atoms with Crippen LogP contribution in [0.2, 0.25) is 0 Å². The maximum Gasteiger partial charge on any atom is 0.240 e. The Kier molecular flexibility index (Phi) is 5.06. The summed E-state index contributed by atoms with van der Waals surface area (Å²) in [5.74, 6) is 1.09. The minimum atomic E-state index is -3.65. The summed E-state index contributed by atoms with van der Waals surface area (Å²) < 4.78 is 28.6. The molecule has 1 saturated heterocycles. The number of likely N-dealkylation sites (tertiary alicyclic amines) is 1. The fourth-order valence-electron chi connectivity index (χ4n) is 4.45. The highest BCUT2D eigenvalue weighted by Gasteiger charge is 2.43. The average molecular weight is 398 g/mol. The number of rotatable bonds is 5. The van der Waals surface area contributed by atoms with Crippen molar-refractivity contribution in [3.05, 3.63) is 53.7 Å². The molecule has 0 spiro atoms. The first-order valence-electron chi connectivity index (χ1n) is 9.40. The van der Waals surface area contributed by atoms with Gasteiger partial charge in [-0.15, -0.1) is 0 Å². The molecule has 3 N–H and O–H groups in total. The number of nitrogen functional groups attached to an aromatic ring is 1. The number of nitrogens with two attached hydrogens (primary N) is 1. The van der Waals surface area contributed by atoms with E-state index < -0.39 is 10.0 Å². The van der Waals surface area contributed by atoms with Gasteiger partial charge in [0.05, 0.1) is 16.5 Å². The monoisotopic (exact) mass is 397 g/mol. The lowest BCUT2D eigenvalue weighted by Crippen LogP contribution is -2.52. The molecule has 3 atom stereocenters. The van der Waals surface area contributed by atoms with Gasteiger partial charge >= 0.3 is 0 Å². The second kappa shape index (κ2) is 7.51. The first-order chi connectivity index (χ1) is 13.5. The molecule has 0 radical (unpaired) electrons. The van der Waals surface area contributed by atoms with Gasteiger partial charge < -0.3 is 5.73 Å². The second-order valence-electron chi connectivity index (χ2n) is 7.63. The maximum atomic E-state index is 12.8. The quantitative estimate of drug-likeness (QED) is 0.794. The molecule has 1 aliphatic carbocycles. The van der Waals surface area contributed by atoms with Crippen molar-refractivity contribution >= 4 is 15.8 Å². The lowest BCUT2D eigenvalue weighted by atomic mass is 9.93. The summed E-state index contributed by atoms with van der Waals surface area (Å²) >= 11 is 0. The molecule has 1 aromatic heterocycles. The molecule has 0 amide bonds. The van der Waals surface area contributed by atoms with E-state index in [0.717, 1.165) is 38.0 Å². The van der Waals surface area contributed by atoms with Crippen molar-refractivity contribution in [3.8, 4) is 6.07 Å². The molecule has 1 unspecified atom stereocenters. The zero-order chi connectivity index (χ0) is 19.7. The van der Waals surface area contributed by atoms with E-state index in [2.05, 4.69) is 14.6 Å². The van der Waals surface area contributed by atoms with Crippen molar-refractivity contribution in [1.82, 2.24) is 14.6 Å². The van der Waals surface area contributed by atoms with Crippen LogP contribution in [0.4, 0.5) is 5.82 Å². The highest BCUT2D eigenvalue weighted by molar-refractivity contribution is 7.89. The van der Waals surface area contributed by atoms with E-state index in [-0.39, 0.29) is 22.8 Å². The van der Waals surface area contributed by atoms with E-state index in [9.17, 15) is 8.42 Å². The van der Waals surface area contributed by atoms with Crippen molar-refractivity contribution in [2.45, 2.75) is 30.3 Å². The molecule has 2 aliphatic rings. The van der Waals surface area contributed by atoms with Crippen LogP contribution in [0.5, 0.6) is 0 Å². The van der Waals surface area contributed by atoms with Gasteiger partial charge in [0.15, 0.2) is 0 Å². The molecule has 8 heteroatoms. The molecule has 146 valence electrons. The van der Waals surface area contributed by atoms with Gasteiger partial charge in [-0.3, -0.25) is 4.90 Å². The lowest BCUT2D eigenvalue weighted by molar-refractivity contribution is 0.133. The van der Waals surface area contributed by atoms with Crippen LogP contribution in [-0.4, -0.2) is 37.4 Å². The SMILES string of the molecule is N#Cc1cccc(S(=O)(=O)NC2[C@@H]3CC[C@H]2CN(Cc2cccnc2N)C3)c1. The van der Waals surface area contributed by atoms with Crippen LogP contribution in [0.15, 0.2) is 47.5 Å². The minimum Gasteiger partial charge on any atom is -0.383 e. The molecule has 1 aromatic carbocycles. The van der Waals surface area contributed by atoms with Crippen molar-refractivity contribution in [2.75, 3.05) is 18.8 Å². The van der Waals surface area contributed by atoms with E-state index in [4.69, 9.17) is 11.0 Å². The molecule has 28 heavy (non-hydrogen) atoms. The van der Waals surface area contributed by atoms with Crippen LogP contribution < -0.4 is 10.5 Å². The number of hydrogen-bond acceptors (Lipinski definition) is 6. The number of nitrogens with one attached hydrogen (secondary N) is 1. The van der Waals surface area contributed by atoms with Crippen LogP contribution in [0.25, 0.3) is 0 Å². The Morgan fingerprint density at radius 1 is 1.21 bits per heavy atom. The van der Waals surface area contributed by atoms with Crippen molar-refractivity contribution in [3.63, 3.8) is 0 Å². The number of hydrogen-bond donors (Lipinski definition) is 2. The number of aromatic nitrogens is 1. The van der Waals surface area contributed by atoms with Gasteiger partial charge in [0.1, 0.15) is 5.82 Å². The van der Waals surface area contributed by atoms with E-state index in [0.29, 0.717) is 11.4 Å². The van der Waals surface area contributed by atoms with E-state index >= 15 is 0 Å². The topological polar surface area (TPSA) is 112 Å². The van der Waals surface area contributed by atoms with Crippen LogP contribution >= 0.6 is 0 Å². The molecule has 1 saturated carbocycles. The highest BCUT2D eigenvalue weighted by Crippen LogP contribution is 2.38. The molecule has 2 bridgehead atoms. The number of fused-ring (bicyclic) bond motifs is 2. The summed E-state index contributed by atoms with van der Waals surface area (Å²) in [5.41, 5.74) is 7.32. The Balaban J connectivity index is 1.46. The predicted molar refractivity (Wildman–Crippen MR) is 105 cm³/mol. The fourth-order valence-corrected chi connectivity index (χ4v) is 5.87. The third-order valence-corrected chi connectivity index (χ3v) is 7.25. The number of nitriles is 1. The molecule has 4 rings (SSSR count). The Hall–Kier alpha value is -2.47. The van der Waals surface area contributed by atoms with Gasteiger partial charge in [0, 0.05) is 37.4 Å². The van der Waals surface area contributed by atoms with Gasteiger partial charge in [-0.1, -0.05) is 12.1 Å². The number of nitrogens with zero attached hydrogens (tertiary/aromatic N) is 3. The summed E-state index contributed by atoms with van der Waals surface area (Å²) in [6, 6.07) is 12.0. The second-order valence-corrected chi connectivity index (χ2v) is 9.34. The summed E-state index contributed by atoms with van der Waals surface area (Å²) in [7, 11) is -3.65. The summed E-state index contributed by atoms with van der Waals surface area (Å²) in [5, 5.41) is 9.03. The van der Waals surface area contributed by atoms with Gasteiger partial charge in [0.25, 0.3) is 0 Å². The third-order valence-electron chi connectivity index (χ3n) is 5.79. The molecular formula is C20H23N5O2S. The standard InChI is InChI=1S/C20H23N5O2S/c21-10-14-3-1-5-18(9-14)28(26,27)24-19-15-6-7-16(19)12-25(11-15)13-17-4-2-8-23-20(17)22/h1-5,8-9,15-16,19,24H,6-7,11-13H2,(H2,22,23)/t15-,16+,19?. The normalized spacial score (nSPS) is 24.8. The first-order valence-corrected chi connectivity index (χ1v) is 10.9. The van der Waals surface area contributed by atoms with Crippen LogP contribution in [0.1, 0.15) is 24.0 Å². The summed E-state index contributed by atoms with van der Waals surface area (Å²) in [4.78, 5) is 6.64. The van der Waals surface area contributed by atoms with Crippen molar-refractivity contribution in [2.24, 2.45) is 11.8 Å². The Labute approximate surface area is 165 Å². The highest BCUT2D eigenvalue weighted by atomic mass is 32.2. The van der Waals surface area contributed by atoms with Crippen LogP contribution in [-0.2, 0) is 16.6 Å². The largest absolute Gasteiger partial charge is 0.383 e. The predicted octanol–water partition coefficient (Wildman–Crippen LogP) is 1.72. The Morgan fingerprint density at radius 2 is 1.96 bits per heavy atom. The molecule has 2 aromatic rings. The lowest BCUT2D eigenvalue weighted by Gasteiger charge is -2.38. The van der Waals surface area contributed by atoms with Crippen molar-refractivity contribution < 1.29 is 8.42 Å². The number of sulfonamides is 1. The van der Waals surface area contributed by atoms with Gasteiger partial charge in [-0.25, -0.2) is 18.1 Å². The Bertz CT molecular complexity index is 1000.